The molecule has 0 aliphatic carbocycles. The van der Waals surface area contributed by atoms with Crippen molar-refractivity contribution in [1.82, 2.24) is 10.3 Å². The number of halogens is 2. The lowest BCUT2D eigenvalue weighted by atomic mass is 10.0. The second-order valence-corrected chi connectivity index (χ2v) is 5.46. The normalized spacial score (nSPS) is 10.9. The van der Waals surface area contributed by atoms with Crippen molar-refractivity contribution in [2.75, 3.05) is 6.54 Å². The summed E-state index contributed by atoms with van der Waals surface area (Å²) in [6, 6.07) is 14.0. The Morgan fingerprint density at radius 1 is 1.17 bits per heavy atom. The number of amides is 1. The van der Waals surface area contributed by atoms with Crippen LogP contribution in [-0.2, 0) is 11.2 Å². The number of benzene rings is 1. The Morgan fingerprint density at radius 3 is 2.46 bits per heavy atom. The zero-order valence-electron chi connectivity index (χ0n) is 13.8. The Balaban J connectivity index is 0.00000264. The van der Waals surface area contributed by atoms with Gasteiger partial charge in [0.05, 0.1) is 11.7 Å². The van der Waals surface area contributed by atoms with Gasteiger partial charge in [-0.3, -0.25) is 9.78 Å². The molecule has 0 fully saturated rings. The Morgan fingerprint density at radius 2 is 1.88 bits per heavy atom. The van der Waals surface area contributed by atoms with Crippen molar-refractivity contribution in [3.8, 4) is 0 Å². The zero-order valence-corrected chi connectivity index (χ0v) is 15.4. The fourth-order valence-corrected chi connectivity index (χ4v) is 2.30. The first-order valence-corrected chi connectivity index (χ1v) is 7.65. The van der Waals surface area contributed by atoms with Crippen LogP contribution in [0.2, 0.25) is 0 Å². The van der Waals surface area contributed by atoms with Crippen molar-refractivity contribution in [3.63, 3.8) is 0 Å². The van der Waals surface area contributed by atoms with Crippen LogP contribution in [0.4, 0.5) is 0 Å². The molecule has 3 N–H and O–H groups in total. The number of nitrogens with zero attached hydrogens (tertiary/aromatic N) is 1. The molecule has 0 aliphatic heterocycles. The quantitative estimate of drug-likeness (QED) is 0.785. The van der Waals surface area contributed by atoms with Gasteiger partial charge in [-0.05, 0) is 44.0 Å². The summed E-state index contributed by atoms with van der Waals surface area (Å²) in [6.07, 6.45) is 3.63. The van der Waals surface area contributed by atoms with E-state index in [1.807, 2.05) is 18.2 Å². The molecular formula is C18H25Cl2N3O. The number of aromatic nitrogens is 1. The summed E-state index contributed by atoms with van der Waals surface area (Å²) in [5, 5.41) is 3.07. The lowest BCUT2D eigenvalue weighted by Crippen LogP contribution is -2.30. The largest absolute Gasteiger partial charge is 0.347 e. The Kier molecular flexibility index (Phi) is 11.0. The van der Waals surface area contributed by atoms with Crippen LogP contribution in [0, 0.1) is 6.92 Å². The second kappa shape index (κ2) is 11.8. The fraction of sp³-hybridized carbons (Fsp3) is 0.333. The van der Waals surface area contributed by atoms with Crippen molar-refractivity contribution in [3.05, 3.63) is 65.5 Å². The summed E-state index contributed by atoms with van der Waals surface area (Å²) in [6.45, 7) is 2.59. The standard InChI is InChI=1S/C18H23N3O.2ClH/c1-14-7-9-15(10-8-14)13-17(16-5-2-3-12-20-16)21-18(22)6-4-11-19;;/h2-3,5,7-10,12,17H,4,6,11,13,19H2,1H3,(H,21,22);2*1H. The van der Waals surface area contributed by atoms with E-state index >= 15 is 0 Å². The van der Waals surface area contributed by atoms with Crippen molar-refractivity contribution < 1.29 is 4.79 Å². The van der Waals surface area contributed by atoms with Gasteiger partial charge in [-0.2, -0.15) is 0 Å². The van der Waals surface area contributed by atoms with Gasteiger partial charge in [0.25, 0.3) is 0 Å². The number of hydrogen-bond acceptors (Lipinski definition) is 3. The first-order chi connectivity index (χ1) is 10.7. The number of carbonyl (C=O) groups is 1. The number of carbonyl (C=O) groups excluding carboxylic acids is 1. The molecule has 1 heterocycles. The first-order valence-electron chi connectivity index (χ1n) is 7.65. The predicted octanol–water partition coefficient (Wildman–Crippen LogP) is 3.37. The summed E-state index contributed by atoms with van der Waals surface area (Å²) in [7, 11) is 0. The molecule has 1 unspecified atom stereocenters. The van der Waals surface area contributed by atoms with Crippen LogP contribution >= 0.6 is 24.8 Å². The third-order valence-corrected chi connectivity index (χ3v) is 3.55. The molecule has 2 rings (SSSR count). The molecular weight excluding hydrogens is 345 g/mol. The molecule has 1 aromatic carbocycles. The molecule has 2 aromatic rings. The molecule has 0 aliphatic rings. The van der Waals surface area contributed by atoms with E-state index in [1.165, 1.54) is 11.1 Å². The lowest BCUT2D eigenvalue weighted by molar-refractivity contribution is -0.121. The zero-order chi connectivity index (χ0) is 15.8. The summed E-state index contributed by atoms with van der Waals surface area (Å²) in [5.41, 5.74) is 8.75. The molecule has 0 radical (unpaired) electrons. The van der Waals surface area contributed by atoms with E-state index < -0.39 is 0 Å². The molecule has 1 amide bonds. The molecule has 0 saturated heterocycles. The average Bonchev–Trinajstić information content (AvgIpc) is 2.55. The smallest absolute Gasteiger partial charge is 0.220 e. The highest BCUT2D eigenvalue weighted by Gasteiger charge is 2.16. The second-order valence-electron chi connectivity index (χ2n) is 5.46. The molecule has 1 aromatic heterocycles. The number of rotatable bonds is 7. The number of hydrogen-bond donors (Lipinski definition) is 2. The summed E-state index contributed by atoms with van der Waals surface area (Å²) < 4.78 is 0. The van der Waals surface area contributed by atoms with Crippen molar-refractivity contribution in [2.24, 2.45) is 5.73 Å². The number of aryl methyl sites for hydroxylation is 1. The van der Waals surface area contributed by atoms with Crippen LogP contribution in [0.5, 0.6) is 0 Å². The highest BCUT2D eigenvalue weighted by molar-refractivity contribution is 5.85. The van der Waals surface area contributed by atoms with E-state index in [4.69, 9.17) is 5.73 Å². The predicted molar refractivity (Wildman–Crippen MR) is 103 cm³/mol. The van der Waals surface area contributed by atoms with Crippen LogP contribution < -0.4 is 11.1 Å². The van der Waals surface area contributed by atoms with Gasteiger partial charge in [-0.15, -0.1) is 24.8 Å². The maximum absolute atomic E-state index is 12.0. The van der Waals surface area contributed by atoms with Gasteiger partial charge in [0, 0.05) is 12.6 Å². The highest BCUT2D eigenvalue weighted by atomic mass is 35.5. The van der Waals surface area contributed by atoms with E-state index in [0.29, 0.717) is 19.4 Å². The third-order valence-electron chi connectivity index (χ3n) is 3.55. The van der Waals surface area contributed by atoms with Gasteiger partial charge in [-0.25, -0.2) is 0 Å². The van der Waals surface area contributed by atoms with Crippen LogP contribution in [0.1, 0.15) is 35.7 Å². The molecule has 1 atom stereocenters. The molecule has 0 saturated carbocycles. The molecule has 132 valence electrons. The Labute approximate surface area is 156 Å². The number of pyridine rings is 1. The van der Waals surface area contributed by atoms with Crippen molar-refractivity contribution in [1.29, 1.82) is 0 Å². The van der Waals surface area contributed by atoms with Gasteiger partial charge < -0.3 is 11.1 Å². The van der Waals surface area contributed by atoms with Gasteiger partial charge in [0.2, 0.25) is 5.91 Å². The topological polar surface area (TPSA) is 68.0 Å². The minimum absolute atomic E-state index is 0. The van der Waals surface area contributed by atoms with E-state index in [2.05, 4.69) is 41.5 Å². The van der Waals surface area contributed by atoms with Crippen molar-refractivity contribution in [2.45, 2.75) is 32.2 Å². The summed E-state index contributed by atoms with van der Waals surface area (Å²) in [5.74, 6) is 0.0215. The van der Waals surface area contributed by atoms with Gasteiger partial charge in [0.15, 0.2) is 0 Å². The van der Waals surface area contributed by atoms with Crippen LogP contribution in [0.25, 0.3) is 0 Å². The van der Waals surface area contributed by atoms with E-state index in [9.17, 15) is 4.79 Å². The number of nitrogens with two attached hydrogens (primary N) is 1. The van der Waals surface area contributed by atoms with Crippen LogP contribution in [0.3, 0.4) is 0 Å². The number of nitrogens with one attached hydrogen (secondary N) is 1. The molecule has 0 bridgehead atoms. The molecule has 6 heteroatoms. The van der Waals surface area contributed by atoms with Crippen LogP contribution in [-0.4, -0.2) is 17.4 Å². The Bertz CT molecular complexity index is 591. The molecule has 4 nitrogen and oxygen atoms in total. The molecule has 0 spiro atoms. The summed E-state index contributed by atoms with van der Waals surface area (Å²) in [4.78, 5) is 16.4. The lowest BCUT2D eigenvalue weighted by Gasteiger charge is -2.18. The van der Waals surface area contributed by atoms with Gasteiger partial charge in [0.1, 0.15) is 0 Å². The first kappa shape index (κ1) is 22.4. The third kappa shape index (κ3) is 7.30. The Hall–Kier alpha value is -1.62. The maximum Gasteiger partial charge on any atom is 0.220 e. The molecule has 24 heavy (non-hydrogen) atoms. The van der Waals surface area contributed by atoms with E-state index in [0.717, 1.165) is 12.1 Å². The monoisotopic (exact) mass is 369 g/mol. The van der Waals surface area contributed by atoms with Crippen molar-refractivity contribution >= 4 is 30.7 Å². The summed E-state index contributed by atoms with van der Waals surface area (Å²) >= 11 is 0. The van der Waals surface area contributed by atoms with E-state index in [-0.39, 0.29) is 36.8 Å². The maximum atomic E-state index is 12.0. The minimum Gasteiger partial charge on any atom is -0.347 e. The van der Waals surface area contributed by atoms with Gasteiger partial charge in [-0.1, -0.05) is 35.9 Å². The van der Waals surface area contributed by atoms with E-state index in [1.54, 1.807) is 6.20 Å². The average molecular weight is 370 g/mol. The van der Waals surface area contributed by atoms with Gasteiger partial charge >= 0.3 is 0 Å². The fourth-order valence-electron chi connectivity index (χ4n) is 2.30. The highest BCUT2D eigenvalue weighted by Crippen LogP contribution is 2.17. The van der Waals surface area contributed by atoms with Crippen LogP contribution in [0.15, 0.2) is 48.7 Å². The SMILES string of the molecule is Cc1ccc(CC(NC(=O)CCCN)c2ccccn2)cc1.Cl.Cl. The minimum atomic E-state index is -0.116.